The summed E-state index contributed by atoms with van der Waals surface area (Å²) in [5.41, 5.74) is 5.32. The number of benzene rings is 1. The molecule has 0 atom stereocenters. The average Bonchev–Trinajstić information content (AvgIpc) is 3.31. The summed E-state index contributed by atoms with van der Waals surface area (Å²) in [7, 11) is 2.07. The molecule has 0 unspecified atom stereocenters. The molecule has 5 rings (SSSR count). The highest BCUT2D eigenvalue weighted by Gasteiger charge is 2.15. The summed E-state index contributed by atoms with van der Waals surface area (Å²) in [4.78, 5) is 12.5. The van der Waals surface area contributed by atoms with E-state index in [2.05, 4.69) is 73.4 Å². The van der Waals surface area contributed by atoms with Crippen molar-refractivity contribution in [3.8, 4) is 21.8 Å². The van der Waals surface area contributed by atoms with Gasteiger partial charge in [-0.2, -0.15) is 0 Å². The van der Waals surface area contributed by atoms with E-state index in [1.54, 1.807) is 17.5 Å². The number of aromatic amines is 1. The van der Waals surface area contributed by atoms with Gasteiger partial charge in [-0.3, -0.25) is 0 Å². The first-order valence-electron chi connectivity index (χ1n) is 7.83. The average molecular weight is 409 g/mol. The number of thiazole rings is 1. The number of halogens is 1. The number of aromatic nitrogens is 4. The van der Waals surface area contributed by atoms with Crippen LogP contribution in [-0.2, 0) is 7.05 Å². The highest BCUT2D eigenvalue weighted by atomic mass is 79.9. The van der Waals surface area contributed by atoms with Gasteiger partial charge in [0.15, 0.2) is 0 Å². The SMILES string of the molecule is Cn1cc(-c2nc(-c3c[nH]c4ncccc34)cs2)c2cc(Br)ccc21. The Bertz CT molecular complexity index is 1230. The Morgan fingerprint density at radius 3 is 3.00 bits per heavy atom. The van der Waals surface area contributed by atoms with E-state index in [1.165, 1.54) is 10.9 Å². The molecule has 4 nitrogen and oxygen atoms in total. The van der Waals surface area contributed by atoms with Gasteiger partial charge in [0.25, 0.3) is 0 Å². The third kappa shape index (κ3) is 2.33. The van der Waals surface area contributed by atoms with E-state index < -0.39 is 0 Å². The second-order valence-corrected chi connectivity index (χ2v) is 7.73. The number of hydrogen-bond donors (Lipinski definition) is 1. The molecule has 4 aromatic heterocycles. The minimum absolute atomic E-state index is 0.890. The number of hydrogen-bond acceptors (Lipinski definition) is 3. The maximum atomic E-state index is 4.91. The maximum absolute atomic E-state index is 4.91. The largest absolute Gasteiger partial charge is 0.350 e. The molecule has 0 spiro atoms. The van der Waals surface area contributed by atoms with Gasteiger partial charge in [-0.25, -0.2) is 9.97 Å². The van der Waals surface area contributed by atoms with Crippen molar-refractivity contribution in [3.63, 3.8) is 0 Å². The highest BCUT2D eigenvalue weighted by molar-refractivity contribution is 9.10. The van der Waals surface area contributed by atoms with Crippen LogP contribution in [0.1, 0.15) is 0 Å². The Hall–Kier alpha value is -2.44. The highest BCUT2D eigenvalue weighted by Crippen LogP contribution is 2.37. The number of nitrogens with one attached hydrogen (secondary N) is 1. The summed E-state index contributed by atoms with van der Waals surface area (Å²) < 4.78 is 3.22. The van der Waals surface area contributed by atoms with Crippen LogP contribution in [0.2, 0.25) is 0 Å². The minimum atomic E-state index is 0.890. The van der Waals surface area contributed by atoms with E-state index in [0.717, 1.165) is 37.3 Å². The van der Waals surface area contributed by atoms with Gasteiger partial charge < -0.3 is 9.55 Å². The van der Waals surface area contributed by atoms with Crippen LogP contribution in [0.5, 0.6) is 0 Å². The van der Waals surface area contributed by atoms with Crippen LogP contribution in [0.4, 0.5) is 0 Å². The van der Waals surface area contributed by atoms with Crippen LogP contribution in [-0.4, -0.2) is 19.5 Å². The van der Waals surface area contributed by atoms with Gasteiger partial charge in [-0.1, -0.05) is 15.9 Å². The van der Waals surface area contributed by atoms with Gasteiger partial charge >= 0.3 is 0 Å². The number of fused-ring (bicyclic) bond motifs is 2. The molecule has 1 aromatic carbocycles. The summed E-state index contributed by atoms with van der Waals surface area (Å²) in [6.45, 7) is 0. The Labute approximate surface area is 156 Å². The summed E-state index contributed by atoms with van der Waals surface area (Å²) in [5, 5.41) is 5.44. The van der Waals surface area contributed by atoms with E-state index in [1.807, 2.05) is 12.3 Å². The van der Waals surface area contributed by atoms with Crippen molar-refractivity contribution in [2.75, 3.05) is 0 Å². The number of rotatable bonds is 2. The molecule has 0 saturated heterocycles. The summed E-state index contributed by atoms with van der Waals surface area (Å²) >= 11 is 5.24. The van der Waals surface area contributed by atoms with Gasteiger partial charge in [0.05, 0.1) is 5.69 Å². The van der Waals surface area contributed by atoms with Crippen molar-refractivity contribution in [1.82, 2.24) is 19.5 Å². The monoisotopic (exact) mass is 408 g/mol. The van der Waals surface area contributed by atoms with Crippen molar-refractivity contribution >= 4 is 49.2 Å². The fourth-order valence-electron chi connectivity index (χ4n) is 3.22. The maximum Gasteiger partial charge on any atom is 0.137 e. The summed E-state index contributed by atoms with van der Waals surface area (Å²) in [5.74, 6) is 0. The molecule has 0 amide bonds. The Kier molecular flexibility index (Phi) is 3.29. The second kappa shape index (κ2) is 5.54. The van der Waals surface area contributed by atoms with Crippen LogP contribution in [0.25, 0.3) is 43.8 Å². The Balaban J connectivity index is 1.67. The van der Waals surface area contributed by atoms with Crippen LogP contribution in [0, 0.1) is 0 Å². The molecule has 0 bridgehead atoms. The molecule has 0 aliphatic heterocycles. The molecular weight excluding hydrogens is 396 g/mol. The molecule has 4 heterocycles. The van der Waals surface area contributed by atoms with Gasteiger partial charge in [0, 0.05) is 62.9 Å². The first-order chi connectivity index (χ1) is 12.2. The van der Waals surface area contributed by atoms with Crippen molar-refractivity contribution in [2.45, 2.75) is 0 Å². The molecule has 1 N–H and O–H groups in total. The van der Waals surface area contributed by atoms with Crippen molar-refractivity contribution in [2.24, 2.45) is 7.05 Å². The molecule has 25 heavy (non-hydrogen) atoms. The second-order valence-electron chi connectivity index (χ2n) is 5.95. The lowest BCUT2D eigenvalue weighted by Gasteiger charge is -1.97. The normalized spacial score (nSPS) is 11.6. The van der Waals surface area contributed by atoms with E-state index in [0.29, 0.717) is 0 Å². The zero-order chi connectivity index (χ0) is 17.0. The molecule has 0 saturated carbocycles. The molecule has 0 fully saturated rings. The molecule has 0 aliphatic rings. The van der Waals surface area contributed by atoms with E-state index in [-0.39, 0.29) is 0 Å². The van der Waals surface area contributed by atoms with Gasteiger partial charge in [-0.15, -0.1) is 11.3 Å². The van der Waals surface area contributed by atoms with Crippen LogP contribution in [0.15, 0.2) is 58.8 Å². The van der Waals surface area contributed by atoms with Gasteiger partial charge in [-0.05, 0) is 30.3 Å². The molecule has 5 aromatic rings. The fourth-order valence-corrected chi connectivity index (χ4v) is 4.43. The zero-order valence-corrected chi connectivity index (χ0v) is 15.7. The van der Waals surface area contributed by atoms with E-state index in [9.17, 15) is 0 Å². The smallest absolute Gasteiger partial charge is 0.137 e. The minimum Gasteiger partial charge on any atom is -0.350 e. The summed E-state index contributed by atoms with van der Waals surface area (Å²) in [6, 6.07) is 10.4. The predicted molar refractivity (Wildman–Crippen MR) is 107 cm³/mol. The van der Waals surface area contributed by atoms with Crippen molar-refractivity contribution < 1.29 is 0 Å². The molecule has 0 aliphatic carbocycles. The molecule has 6 heteroatoms. The molecular formula is C19H13BrN4S. The standard InChI is InChI=1S/C19H13BrN4S/c1-24-9-15(13-7-11(20)4-5-17(13)24)19-23-16(10-25-19)14-8-22-18-12(14)3-2-6-21-18/h2-10H,1H3,(H,21,22). The first-order valence-corrected chi connectivity index (χ1v) is 9.51. The Morgan fingerprint density at radius 1 is 1.16 bits per heavy atom. The van der Waals surface area contributed by atoms with Gasteiger partial charge in [0.1, 0.15) is 10.7 Å². The van der Waals surface area contributed by atoms with Gasteiger partial charge in [0.2, 0.25) is 0 Å². The lowest BCUT2D eigenvalue weighted by Crippen LogP contribution is -1.82. The lowest BCUT2D eigenvalue weighted by atomic mass is 10.1. The Morgan fingerprint density at radius 2 is 2.08 bits per heavy atom. The lowest BCUT2D eigenvalue weighted by molar-refractivity contribution is 0.970. The number of nitrogens with zero attached hydrogens (tertiary/aromatic N) is 3. The number of aryl methyl sites for hydroxylation is 1. The zero-order valence-electron chi connectivity index (χ0n) is 13.3. The van der Waals surface area contributed by atoms with Crippen LogP contribution >= 0.6 is 27.3 Å². The van der Waals surface area contributed by atoms with E-state index in [4.69, 9.17) is 4.98 Å². The van der Waals surface area contributed by atoms with Crippen LogP contribution < -0.4 is 0 Å². The first kappa shape index (κ1) is 14.9. The van der Waals surface area contributed by atoms with E-state index >= 15 is 0 Å². The fraction of sp³-hybridized carbons (Fsp3) is 0.0526. The van der Waals surface area contributed by atoms with Crippen molar-refractivity contribution in [1.29, 1.82) is 0 Å². The molecule has 122 valence electrons. The third-order valence-corrected chi connectivity index (χ3v) is 5.78. The predicted octanol–water partition coefficient (Wildman–Crippen LogP) is 5.61. The summed E-state index contributed by atoms with van der Waals surface area (Å²) in [6.07, 6.45) is 5.93. The molecule has 0 radical (unpaired) electrons. The third-order valence-electron chi connectivity index (χ3n) is 4.41. The quantitative estimate of drug-likeness (QED) is 0.412. The van der Waals surface area contributed by atoms with Crippen LogP contribution in [0.3, 0.4) is 0 Å². The number of H-pyrrole nitrogens is 1. The van der Waals surface area contributed by atoms with Crippen molar-refractivity contribution in [3.05, 3.63) is 58.8 Å². The number of pyridine rings is 1. The topological polar surface area (TPSA) is 46.5 Å².